The van der Waals surface area contributed by atoms with Crippen LogP contribution >= 0.6 is 0 Å². The largest absolute Gasteiger partial charge is 1.00 e. The first-order valence-corrected chi connectivity index (χ1v) is 1.71. The maximum atomic E-state index is 3.60. The second-order valence-electron chi connectivity index (χ2n) is 0.854. The molecule has 0 aliphatic rings. The second-order valence-corrected chi connectivity index (χ2v) is 0.854. The van der Waals surface area contributed by atoms with E-state index in [9.17, 15) is 0 Å². The SMILES string of the molecule is [CH2-]CCC.[HH].[Na+]. The summed E-state index contributed by atoms with van der Waals surface area (Å²) in [4.78, 5) is 0. The van der Waals surface area contributed by atoms with Gasteiger partial charge in [0.1, 0.15) is 0 Å². The Kier molecular flexibility index (Phi) is 16.7. The van der Waals surface area contributed by atoms with Crippen LogP contribution in [-0.4, -0.2) is 0 Å². The Morgan fingerprint density at radius 3 is 2.00 bits per heavy atom. The number of hydrogen-bond donors (Lipinski definition) is 0. The van der Waals surface area contributed by atoms with Crippen LogP contribution in [0, 0.1) is 6.92 Å². The third-order valence-corrected chi connectivity index (χ3v) is 0.354. The first kappa shape index (κ1) is 9.38. The predicted octanol–water partition coefficient (Wildman–Crippen LogP) is -1.13. The average Bonchev–Trinajstić information content (AvgIpc) is 1.37. The van der Waals surface area contributed by atoms with Crippen LogP contribution in [0.25, 0.3) is 0 Å². The molecular formula is C4H11Na. The Morgan fingerprint density at radius 1 is 1.80 bits per heavy atom. The zero-order chi connectivity index (χ0) is 3.41. The van der Waals surface area contributed by atoms with Gasteiger partial charge in [-0.25, -0.2) is 0 Å². The van der Waals surface area contributed by atoms with Gasteiger partial charge in [0, 0.05) is 1.43 Å². The van der Waals surface area contributed by atoms with Crippen molar-refractivity contribution in [3.05, 3.63) is 6.92 Å². The van der Waals surface area contributed by atoms with Gasteiger partial charge in [-0.2, -0.15) is 6.42 Å². The van der Waals surface area contributed by atoms with Gasteiger partial charge in [-0.15, -0.1) is 0 Å². The minimum atomic E-state index is 0. The molecule has 0 unspecified atom stereocenters. The van der Waals surface area contributed by atoms with Crippen molar-refractivity contribution in [3.8, 4) is 0 Å². The first-order valence-electron chi connectivity index (χ1n) is 1.71. The Labute approximate surface area is 57.7 Å². The topological polar surface area (TPSA) is 0 Å². The molecule has 0 bridgehead atoms. The molecule has 28 valence electrons. The maximum Gasteiger partial charge on any atom is 1.00 e. The van der Waals surface area contributed by atoms with Crippen molar-refractivity contribution in [2.24, 2.45) is 0 Å². The summed E-state index contributed by atoms with van der Waals surface area (Å²) < 4.78 is 0. The van der Waals surface area contributed by atoms with Crippen LogP contribution in [0.15, 0.2) is 0 Å². The van der Waals surface area contributed by atoms with Gasteiger partial charge in [-0.05, 0) is 0 Å². The van der Waals surface area contributed by atoms with Crippen LogP contribution < -0.4 is 29.6 Å². The Morgan fingerprint density at radius 2 is 2.00 bits per heavy atom. The Balaban J connectivity index is -0.0000000450. The van der Waals surface area contributed by atoms with Crippen molar-refractivity contribution in [2.75, 3.05) is 0 Å². The normalized spacial score (nSPS) is 6.00. The third-order valence-electron chi connectivity index (χ3n) is 0.354. The molecule has 0 N–H and O–H groups in total. The van der Waals surface area contributed by atoms with Gasteiger partial charge in [0.05, 0.1) is 0 Å². The summed E-state index contributed by atoms with van der Waals surface area (Å²) in [6.45, 7) is 5.72. The summed E-state index contributed by atoms with van der Waals surface area (Å²) in [7, 11) is 0. The van der Waals surface area contributed by atoms with Gasteiger partial charge in [0.15, 0.2) is 0 Å². The molecule has 0 aromatic rings. The van der Waals surface area contributed by atoms with Crippen molar-refractivity contribution < 1.29 is 31.0 Å². The van der Waals surface area contributed by atoms with E-state index in [1.54, 1.807) is 0 Å². The predicted molar refractivity (Wildman–Crippen MR) is 22.4 cm³/mol. The van der Waals surface area contributed by atoms with E-state index in [1.807, 2.05) is 0 Å². The molecule has 0 radical (unpaired) electrons. The fourth-order valence-electron chi connectivity index (χ4n) is 0. The average molecular weight is 82.1 g/mol. The molecule has 0 rings (SSSR count). The molecule has 0 saturated heterocycles. The summed E-state index contributed by atoms with van der Waals surface area (Å²) in [6.07, 6.45) is 2.28. The quantitative estimate of drug-likeness (QED) is 0.277. The molecule has 0 saturated carbocycles. The molecule has 0 aromatic heterocycles. The molecule has 0 nitrogen and oxygen atoms in total. The van der Waals surface area contributed by atoms with Crippen LogP contribution in [0.5, 0.6) is 0 Å². The fourth-order valence-corrected chi connectivity index (χ4v) is 0. The van der Waals surface area contributed by atoms with Crippen molar-refractivity contribution in [1.82, 2.24) is 0 Å². The summed E-state index contributed by atoms with van der Waals surface area (Å²) in [5.74, 6) is 0. The van der Waals surface area contributed by atoms with E-state index in [4.69, 9.17) is 0 Å². The number of hydrogen-bond acceptors (Lipinski definition) is 0. The van der Waals surface area contributed by atoms with Crippen LogP contribution in [-0.2, 0) is 0 Å². The van der Waals surface area contributed by atoms with Crippen molar-refractivity contribution in [2.45, 2.75) is 19.8 Å². The van der Waals surface area contributed by atoms with Crippen molar-refractivity contribution in [3.63, 3.8) is 0 Å². The van der Waals surface area contributed by atoms with Crippen LogP contribution in [0.3, 0.4) is 0 Å². The molecule has 1 heteroatoms. The van der Waals surface area contributed by atoms with Gasteiger partial charge in [-0.1, -0.05) is 13.3 Å². The zero-order valence-corrected chi connectivity index (χ0v) is 6.12. The van der Waals surface area contributed by atoms with E-state index in [-0.39, 0.29) is 31.0 Å². The monoisotopic (exact) mass is 82.1 g/mol. The molecule has 0 fully saturated rings. The molecule has 0 heterocycles. The van der Waals surface area contributed by atoms with E-state index >= 15 is 0 Å². The molecule has 0 amide bonds. The molecule has 0 aromatic carbocycles. The molecule has 0 spiro atoms. The molecule has 0 aliphatic heterocycles. The van der Waals surface area contributed by atoms with Gasteiger partial charge in [-0.3, -0.25) is 0 Å². The van der Waals surface area contributed by atoms with Crippen molar-refractivity contribution >= 4 is 0 Å². The Hall–Kier alpha value is 1.00. The van der Waals surface area contributed by atoms with Crippen LogP contribution in [0.1, 0.15) is 21.2 Å². The summed E-state index contributed by atoms with van der Waals surface area (Å²) >= 11 is 0. The van der Waals surface area contributed by atoms with E-state index < -0.39 is 0 Å². The summed E-state index contributed by atoms with van der Waals surface area (Å²) in [6, 6.07) is 0. The van der Waals surface area contributed by atoms with E-state index in [1.165, 1.54) is 6.42 Å². The second kappa shape index (κ2) is 8.89. The maximum absolute atomic E-state index is 3.60. The third kappa shape index (κ3) is 11.2. The molecule has 5 heavy (non-hydrogen) atoms. The van der Waals surface area contributed by atoms with Crippen molar-refractivity contribution in [1.29, 1.82) is 0 Å². The van der Waals surface area contributed by atoms with E-state index in [0.29, 0.717) is 0 Å². The summed E-state index contributed by atoms with van der Waals surface area (Å²) in [5, 5.41) is 0. The fraction of sp³-hybridized carbons (Fsp3) is 0.750. The van der Waals surface area contributed by atoms with E-state index in [0.717, 1.165) is 6.42 Å². The first-order chi connectivity index (χ1) is 1.91. The molecule has 0 aliphatic carbocycles. The van der Waals surface area contributed by atoms with Crippen LogP contribution in [0.4, 0.5) is 0 Å². The van der Waals surface area contributed by atoms with E-state index in [2.05, 4.69) is 13.8 Å². The number of unbranched alkanes of at least 4 members (excludes halogenated alkanes) is 1. The minimum absolute atomic E-state index is 0. The minimum Gasteiger partial charge on any atom is -0.343 e. The number of rotatable bonds is 1. The molecular weight excluding hydrogens is 71.0 g/mol. The standard InChI is InChI=1S/C4H9.Na.H2/c1-3-4-2;;/h1,3-4H2,2H3;;1H/q-1;+1;. The van der Waals surface area contributed by atoms with Crippen LogP contribution in [0.2, 0.25) is 0 Å². The summed E-state index contributed by atoms with van der Waals surface area (Å²) in [5.41, 5.74) is 0. The van der Waals surface area contributed by atoms with Gasteiger partial charge >= 0.3 is 29.6 Å². The zero-order valence-electron chi connectivity index (χ0n) is 4.12. The smallest absolute Gasteiger partial charge is 0.343 e. The van der Waals surface area contributed by atoms with Gasteiger partial charge in [0.25, 0.3) is 0 Å². The molecule has 0 atom stereocenters. The van der Waals surface area contributed by atoms with Gasteiger partial charge < -0.3 is 6.92 Å². The Bertz CT molecular complexity index is 9.51. The van der Waals surface area contributed by atoms with Gasteiger partial charge in [0.2, 0.25) is 0 Å².